The largest absolute Gasteiger partial charge is 0.489 e. The van der Waals surface area contributed by atoms with Gasteiger partial charge in [-0.15, -0.1) is 0 Å². The number of rotatable bonds is 8. The van der Waals surface area contributed by atoms with E-state index in [-0.39, 0.29) is 12.3 Å². The van der Waals surface area contributed by atoms with Gasteiger partial charge >= 0.3 is 0 Å². The molecule has 5 nitrogen and oxygen atoms in total. The van der Waals surface area contributed by atoms with E-state index in [1.165, 1.54) is 6.07 Å². The van der Waals surface area contributed by atoms with Crippen molar-refractivity contribution in [2.45, 2.75) is 19.4 Å². The summed E-state index contributed by atoms with van der Waals surface area (Å²) in [5.74, 6) is 0.611. The fraction of sp³-hybridized carbons (Fsp3) is 0.333. The molecule has 134 valence electrons. The van der Waals surface area contributed by atoms with E-state index in [9.17, 15) is 10.1 Å². The average molecular weight is 383 g/mol. The standard InChI is InChI=1S/C18H20Cl2N2O3/c1-21(2)10-4-5-13-11-14(22(23)24)8-9-18(13)25-12-15-16(19)6-3-7-17(15)20/h3,6-9,11H,4-5,10,12H2,1-2H3. The van der Waals surface area contributed by atoms with E-state index in [0.717, 1.165) is 18.5 Å². The van der Waals surface area contributed by atoms with Crippen molar-refractivity contribution in [1.82, 2.24) is 4.90 Å². The number of halogens is 2. The first-order valence-corrected chi connectivity index (χ1v) is 8.62. The van der Waals surface area contributed by atoms with Gasteiger partial charge in [-0.1, -0.05) is 29.3 Å². The second-order valence-corrected chi connectivity index (χ2v) is 6.76. The van der Waals surface area contributed by atoms with Gasteiger partial charge in [-0.3, -0.25) is 10.1 Å². The molecule has 0 aliphatic heterocycles. The second-order valence-electron chi connectivity index (χ2n) is 5.94. The number of benzene rings is 2. The minimum Gasteiger partial charge on any atom is -0.489 e. The topological polar surface area (TPSA) is 55.6 Å². The maximum absolute atomic E-state index is 11.0. The Morgan fingerprint density at radius 2 is 1.84 bits per heavy atom. The highest BCUT2D eigenvalue weighted by atomic mass is 35.5. The van der Waals surface area contributed by atoms with E-state index >= 15 is 0 Å². The van der Waals surface area contributed by atoms with Crippen LogP contribution in [0.2, 0.25) is 10.0 Å². The lowest BCUT2D eigenvalue weighted by atomic mass is 10.1. The van der Waals surface area contributed by atoms with E-state index in [2.05, 4.69) is 4.90 Å². The van der Waals surface area contributed by atoms with Crippen molar-refractivity contribution in [3.63, 3.8) is 0 Å². The van der Waals surface area contributed by atoms with Crippen LogP contribution in [0.4, 0.5) is 5.69 Å². The minimum absolute atomic E-state index is 0.0583. The van der Waals surface area contributed by atoms with Crippen LogP contribution in [0.3, 0.4) is 0 Å². The Labute approximate surface area is 157 Å². The lowest BCUT2D eigenvalue weighted by molar-refractivity contribution is -0.384. The van der Waals surface area contributed by atoms with E-state index in [1.807, 2.05) is 14.1 Å². The summed E-state index contributed by atoms with van der Waals surface area (Å²) in [7, 11) is 3.98. The number of non-ortho nitro benzene ring substituents is 1. The number of nitro benzene ring substituents is 1. The number of nitrogens with zero attached hydrogens (tertiary/aromatic N) is 2. The van der Waals surface area contributed by atoms with Crippen molar-refractivity contribution < 1.29 is 9.66 Å². The number of hydrogen-bond acceptors (Lipinski definition) is 4. The molecule has 2 aromatic carbocycles. The molecule has 0 amide bonds. The zero-order chi connectivity index (χ0) is 18.4. The van der Waals surface area contributed by atoms with Crippen LogP contribution < -0.4 is 4.74 Å². The molecule has 25 heavy (non-hydrogen) atoms. The quantitative estimate of drug-likeness (QED) is 0.477. The third kappa shape index (κ3) is 5.59. The van der Waals surface area contributed by atoms with Gasteiger partial charge in [-0.05, 0) is 51.7 Å². The Bertz CT molecular complexity index is 731. The van der Waals surface area contributed by atoms with Crippen molar-refractivity contribution >= 4 is 28.9 Å². The molecule has 0 fully saturated rings. The molecule has 0 aliphatic carbocycles. The summed E-state index contributed by atoms with van der Waals surface area (Å²) in [5.41, 5.74) is 1.56. The van der Waals surface area contributed by atoms with Crippen LogP contribution in [0.1, 0.15) is 17.5 Å². The summed E-state index contributed by atoms with van der Waals surface area (Å²) in [6.07, 6.45) is 1.56. The molecule has 0 heterocycles. The molecule has 2 rings (SSSR count). The van der Waals surface area contributed by atoms with Crippen LogP contribution in [0.15, 0.2) is 36.4 Å². The molecule has 0 saturated heterocycles. The van der Waals surface area contributed by atoms with Gasteiger partial charge in [0, 0.05) is 33.3 Å². The summed E-state index contributed by atoms with van der Waals surface area (Å²) in [4.78, 5) is 12.7. The number of hydrogen-bond donors (Lipinski definition) is 0. The molecular weight excluding hydrogens is 363 g/mol. The maximum atomic E-state index is 11.0. The lowest BCUT2D eigenvalue weighted by Crippen LogP contribution is -2.13. The molecule has 7 heteroatoms. The predicted molar refractivity (Wildman–Crippen MR) is 101 cm³/mol. The summed E-state index contributed by atoms with van der Waals surface area (Å²) >= 11 is 12.3. The van der Waals surface area contributed by atoms with Crippen molar-refractivity contribution in [1.29, 1.82) is 0 Å². The number of ether oxygens (including phenoxy) is 1. The number of nitro groups is 1. The third-order valence-electron chi connectivity index (χ3n) is 3.74. The molecule has 0 saturated carbocycles. The molecule has 0 atom stereocenters. The maximum Gasteiger partial charge on any atom is 0.269 e. The molecule has 0 unspecified atom stereocenters. The van der Waals surface area contributed by atoms with Crippen molar-refractivity contribution in [2.24, 2.45) is 0 Å². The fourth-order valence-corrected chi connectivity index (χ4v) is 2.93. The zero-order valence-corrected chi connectivity index (χ0v) is 15.7. The van der Waals surface area contributed by atoms with Gasteiger partial charge in [0.25, 0.3) is 5.69 Å². The predicted octanol–water partition coefficient (Wildman–Crippen LogP) is 4.97. The summed E-state index contributed by atoms with van der Waals surface area (Å²) < 4.78 is 5.87. The molecule has 2 aromatic rings. The molecule has 0 radical (unpaired) electrons. The van der Waals surface area contributed by atoms with Crippen molar-refractivity contribution in [2.75, 3.05) is 20.6 Å². The molecule has 0 aliphatic rings. The summed E-state index contributed by atoms with van der Waals surface area (Å²) in [6, 6.07) is 9.92. The Morgan fingerprint density at radius 3 is 2.44 bits per heavy atom. The Morgan fingerprint density at radius 1 is 1.16 bits per heavy atom. The van der Waals surface area contributed by atoms with Crippen LogP contribution in [-0.4, -0.2) is 30.5 Å². The first kappa shape index (κ1) is 19.5. The van der Waals surface area contributed by atoms with Crippen molar-refractivity contribution in [3.8, 4) is 5.75 Å². The fourth-order valence-electron chi connectivity index (χ4n) is 2.42. The highest BCUT2D eigenvalue weighted by Crippen LogP contribution is 2.29. The second kappa shape index (κ2) is 9.04. The van der Waals surface area contributed by atoms with Gasteiger partial charge in [-0.2, -0.15) is 0 Å². The van der Waals surface area contributed by atoms with E-state index in [4.69, 9.17) is 27.9 Å². The van der Waals surface area contributed by atoms with Crippen LogP contribution in [-0.2, 0) is 13.0 Å². The smallest absolute Gasteiger partial charge is 0.269 e. The van der Waals surface area contributed by atoms with Gasteiger partial charge in [0.05, 0.1) is 4.92 Å². The van der Waals surface area contributed by atoms with E-state index in [1.54, 1.807) is 30.3 Å². The number of aryl methyl sites for hydroxylation is 1. The van der Waals surface area contributed by atoms with Crippen molar-refractivity contribution in [3.05, 3.63) is 67.7 Å². The normalized spacial score (nSPS) is 10.9. The van der Waals surface area contributed by atoms with Gasteiger partial charge in [0.15, 0.2) is 0 Å². The highest BCUT2D eigenvalue weighted by Gasteiger charge is 2.13. The molecule has 0 aromatic heterocycles. The third-order valence-corrected chi connectivity index (χ3v) is 4.45. The first-order chi connectivity index (χ1) is 11.9. The average Bonchev–Trinajstić information content (AvgIpc) is 2.54. The van der Waals surface area contributed by atoms with E-state index in [0.29, 0.717) is 27.8 Å². The van der Waals surface area contributed by atoms with Crippen LogP contribution in [0.5, 0.6) is 5.75 Å². The van der Waals surface area contributed by atoms with Gasteiger partial charge in [0.1, 0.15) is 12.4 Å². The van der Waals surface area contributed by atoms with Crippen LogP contribution in [0, 0.1) is 10.1 Å². The van der Waals surface area contributed by atoms with Crippen LogP contribution in [0.25, 0.3) is 0 Å². The van der Waals surface area contributed by atoms with Gasteiger partial charge in [-0.25, -0.2) is 0 Å². The monoisotopic (exact) mass is 382 g/mol. The summed E-state index contributed by atoms with van der Waals surface area (Å²) in [5, 5.41) is 12.1. The molecular formula is C18H20Cl2N2O3. The van der Waals surface area contributed by atoms with Gasteiger partial charge < -0.3 is 9.64 Å². The van der Waals surface area contributed by atoms with Gasteiger partial charge in [0.2, 0.25) is 0 Å². The Kier molecular flexibility index (Phi) is 7.05. The van der Waals surface area contributed by atoms with Crippen LogP contribution >= 0.6 is 23.2 Å². The minimum atomic E-state index is -0.399. The highest BCUT2D eigenvalue weighted by molar-refractivity contribution is 6.35. The first-order valence-electron chi connectivity index (χ1n) is 7.86. The molecule has 0 spiro atoms. The van der Waals surface area contributed by atoms with E-state index < -0.39 is 4.92 Å². The SMILES string of the molecule is CN(C)CCCc1cc([N+](=O)[O-])ccc1OCc1c(Cl)cccc1Cl. The molecule has 0 bridgehead atoms. The Balaban J connectivity index is 2.19. The molecule has 0 N–H and O–H groups in total. The summed E-state index contributed by atoms with van der Waals surface area (Å²) in [6.45, 7) is 1.09. The Hall–Kier alpha value is -1.82. The lowest BCUT2D eigenvalue weighted by Gasteiger charge is -2.14. The zero-order valence-electron chi connectivity index (χ0n) is 14.2.